The van der Waals surface area contributed by atoms with Gasteiger partial charge in [0.15, 0.2) is 0 Å². The van der Waals surface area contributed by atoms with Gasteiger partial charge in [-0.05, 0) is 68.0 Å². The normalized spacial score (nSPS) is 12.4. The van der Waals surface area contributed by atoms with Gasteiger partial charge in [0.2, 0.25) is 5.91 Å². The lowest BCUT2D eigenvalue weighted by Gasteiger charge is -2.24. The number of sulfonamides is 1. The molecule has 174 valence electrons. The lowest BCUT2D eigenvalue weighted by Crippen LogP contribution is -2.42. The fourth-order valence-electron chi connectivity index (χ4n) is 3.32. The van der Waals surface area contributed by atoms with Crippen molar-refractivity contribution in [1.29, 1.82) is 0 Å². The monoisotopic (exact) mass is 469 g/mol. The highest BCUT2D eigenvalue weighted by molar-refractivity contribution is 7.92. The summed E-state index contributed by atoms with van der Waals surface area (Å²) in [7, 11) is 0.164. The van der Waals surface area contributed by atoms with Gasteiger partial charge in [-0.1, -0.05) is 42.5 Å². The summed E-state index contributed by atoms with van der Waals surface area (Å²) in [5.74, 6) is -0.608. The van der Waals surface area contributed by atoms with Gasteiger partial charge in [-0.3, -0.25) is 9.52 Å². The predicted molar refractivity (Wildman–Crippen MR) is 128 cm³/mol. The van der Waals surface area contributed by atoms with Crippen molar-refractivity contribution in [2.75, 3.05) is 25.4 Å². The van der Waals surface area contributed by atoms with Gasteiger partial charge in [0, 0.05) is 18.3 Å². The molecule has 0 spiro atoms. The summed E-state index contributed by atoms with van der Waals surface area (Å²) in [6.07, 6.45) is 1.02. The number of hydrogen-bond donors (Lipinski definition) is 2. The van der Waals surface area contributed by atoms with E-state index in [0.717, 1.165) is 24.1 Å². The third kappa shape index (κ3) is 7.40. The zero-order valence-electron chi connectivity index (χ0n) is 18.7. The molecule has 33 heavy (non-hydrogen) atoms. The predicted octanol–water partition coefficient (Wildman–Crippen LogP) is 3.46. The van der Waals surface area contributed by atoms with E-state index < -0.39 is 15.8 Å². The van der Waals surface area contributed by atoms with Crippen LogP contribution in [0.4, 0.5) is 10.1 Å². The molecule has 0 saturated heterocycles. The highest BCUT2D eigenvalue weighted by atomic mass is 32.2. The van der Waals surface area contributed by atoms with Crippen molar-refractivity contribution in [3.8, 4) is 0 Å². The SMILES string of the molecule is CN(C)C(CNC(=O)Cc1ccc(NS(=O)(=O)c2ccc(F)cc2)cc1)Cc1ccccc1. The van der Waals surface area contributed by atoms with E-state index >= 15 is 0 Å². The van der Waals surface area contributed by atoms with Crippen LogP contribution in [0.5, 0.6) is 0 Å². The lowest BCUT2D eigenvalue weighted by atomic mass is 10.0. The Morgan fingerprint density at radius 3 is 2.15 bits per heavy atom. The molecule has 1 amide bonds. The van der Waals surface area contributed by atoms with Crippen LogP contribution in [0.2, 0.25) is 0 Å². The number of carbonyl (C=O) groups is 1. The number of halogens is 1. The van der Waals surface area contributed by atoms with Crippen molar-refractivity contribution in [3.63, 3.8) is 0 Å². The number of carbonyl (C=O) groups excluding carboxylic acids is 1. The van der Waals surface area contributed by atoms with Crippen LogP contribution in [0, 0.1) is 5.82 Å². The van der Waals surface area contributed by atoms with Crippen molar-refractivity contribution < 1.29 is 17.6 Å². The van der Waals surface area contributed by atoms with Crippen LogP contribution >= 0.6 is 0 Å². The Hall–Kier alpha value is -3.23. The minimum absolute atomic E-state index is 0.0293. The summed E-state index contributed by atoms with van der Waals surface area (Å²) < 4.78 is 40.3. The van der Waals surface area contributed by atoms with Gasteiger partial charge in [-0.25, -0.2) is 12.8 Å². The summed E-state index contributed by atoms with van der Waals surface area (Å²) in [5.41, 5.74) is 2.34. The summed E-state index contributed by atoms with van der Waals surface area (Å²) in [5, 5.41) is 2.99. The first kappa shape index (κ1) is 24.4. The maximum absolute atomic E-state index is 13.0. The summed E-state index contributed by atoms with van der Waals surface area (Å²) in [4.78, 5) is 14.5. The molecule has 0 radical (unpaired) electrons. The van der Waals surface area contributed by atoms with Crippen molar-refractivity contribution in [2.24, 2.45) is 0 Å². The molecule has 3 aromatic carbocycles. The van der Waals surface area contributed by atoms with E-state index in [4.69, 9.17) is 0 Å². The molecule has 3 aromatic rings. The standard InChI is InChI=1S/C25H28FN3O3S/c1-29(2)23(16-19-6-4-3-5-7-19)18-27-25(30)17-20-8-12-22(13-9-20)28-33(31,32)24-14-10-21(26)11-15-24/h3-15,23,28H,16-18H2,1-2H3,(H,27,30). The molecule has 6 nitrogen and oxygen atoms in total. The van der Waals surface area contributed by atoms with Gasteiger partial charge < -0.3 is 10.2 Å². The van der Waals surface area contributed by atoms with Gasteiger partial charge >= 0.3 is 0 Å². The minimum atomic E-state index is -3.82. The third-order valence-corrected chi connectivity index (χ3v) is 6.67. The molecule has 2 N–H and O–H groups in total. The first-order valence-corrected chi connectivity index (χ1v) is 12.1. The van der Waals surface area contributed by atoms with Gasteiger partial charge in [0.05, 0.1) is 11.3 Å². The summed E-state index contributed by atoms with van der Waals surface area (Å²) in [6, 6.07) is 21.5. The van der Waals surface area contributed by atoms with Crippen LogP contribution in [0.1, 0.15) is 11.1 Å². The molecule has 1 atom stereocenters. The number of likely N-dealkylation sites (N-methyl/N-ethyl adjacent to an activating group) is 1. The summed E-state index contributed by atoms with van der Waals surface area (Å²) in [6.45, 7) is 0.524. The van der Waals surface area contributed by atoms with Crippen LogP contribution in [0.3, 0.4) is 0 Å². The summed E-state index contributed by atoms with van der Waals surface area (Å²) >= 11 is 0. The molecule has 0 aliphatic carbocycles. The average Bonchev–Trinajstić information content (AvgIpc) is 2.78. The quantitative estimate of drug-likeness (QED) is 0.477. The third-order valence-electron chi connectivity index (χ3n) is 5.27. The molecule has 8 heteroatoms. The van der Waals surface area contributed by atoms with Crippen LogP contribution in [-0.4, -0.2) is 45.9 Å². The van der Waals surface area contributed by atoms with Crippen molar-refractivity contribution in [3.05, 3.63) is 95.8 Å². The topological polar surface area (TPSA) is 78.5 Å². The maximum Gasteiger partial charge on any atom is 0.261 e. The minimum Gasteiger partial charge on any atom is -0.354 e. The molecule has 1 unspecified atom stereocenters. The molecule has 0 aliphatic rings. The first-order chi connectivity index (χ1) is 15.7. The number of anilines is 1. The number of benzene rings is 3. The van der Waals surface area contributed by atoms with Crippen LogP contribution < -0.4 is 10.0 Å². The maximum atomic E-state index is 13.0. The zero-order valence-corrected chi connectivity index (χ0v) is 19.5. The molecule has 3 rings (SSSR count). The molecule has 0 aromatic heterocycles. The zero-order chi connectivity index (χ0) is 23.8. The average molecular weight is 470 g/mol. The molecule has 0 saturated carbocycles. The largest absolute Gasteiger partial charge is 0.354 e. The Labute approximate surface area is 194 Å². The number of hydrogen-bond acceptors (Lipinski definition) is 4. The van der Waals surface area contributed by atoms with Crippen LogP contribution in [0.15, 0.2) is 83.8 Å². The van der Waals surface area contributed by atoms with E-state index in [-0.39, 0.29) is 23.3 Å². The van der Waals surface area contributed by atoms with Crippen molar-refractivity contribution in [1.82, 2.24) is 10.2 Å². The van der Waals surface area contributed by atoms with Crippen LogP contribution in [-0.2, 0) is 27.7 Å². The van der Waals surface area contributed by atoms with E-state index in [1.54, 1.807) is 24.3 Å². The molecular formula is C25H28FN3O3S. The second-order valence-electron chi connectivity index (χ2n) is 8.04. The number of nitrogens with one attached hydrogen (secondary N) is 2. The van der Waals surface area contributed by atoms with E-state index in [1.807, 2.05) is 32.3 Å². The molecule has 0 heterocycles. The van der Waals surface area contributed by atoms with Gasteiger partial charge in [-0.2, -0.15) is 0 Å². The van der Waals surface area contributed by atoms with Crippen LogP contribution in [0.25, 0.3) is 0 Å². The second-order valence-corrected chi connectivity index (χ2v) is 9.73. The Bertz CT molecular complexity index is 1150. The smallest absolute Gasteiger partial charge is 0.261 e. The van der Waals surface area contributed by atoms with E-state index in [2.05, 4.69) is 27.1 Å². The van der Waals surface area contributed by atoms with Crippen molar-refractivity contribution in [2.45, 2.75) is 23.8 Å². The molecule has 0 aliphatic heterocycles. The molecule has 0 bridgehead atoms. The van der Waals surface area contributed by atoms with Gasteiger partial charge in [0.1, 0.15) is 5.82 Å². The fraction of sp³-hybridized carbons (Fsp3) is 0.240. The van der Waals surface area contributed by atoms with Gasteiger partial charge in [0.25, 0.3) is 10.0 Å². The Balaban J connectivity index is 1.53. The molecular weight excluding hydrogens is 441 g/mol. The highest BCUT2D eigenvalue weighted by Gasteiger charge is 2.16. The number of rotatable bonds is 10. The lowest BCUT2D eigenvalue weighted by molar-refractivity contribution is -0.120. The second kappa shape index (κ2) is 11.1. The number of nitrogens with zero attached hydrogens (tertiary/aromatic N) is 1. The first-order valence-electron chi connectivity index (χ1n) is 10.6. The Morgan fingerprint density at radius 2 is 1.55 bits per heavy atom. The van der Waals surface area contributed by atoms with Crippen molar-refractivity contribution >= 4 is 21.6 Å². The van der Waals surface area contributed by atoms with E-state index in [9.17, 15) is 17.6 Å². The molecule has 0 fully saturated rings. The van der Waals surface area contributed by atoms with Gasteiger partial charge in [-0.15, -0.1) is 0 Å². The Morgan fingerprint density at radius 1 is 0.909 bits per heavy atom. The van der Waals surface area contributed by atoms with E-state index in [1.165, 1.54) is 17.7 Å². The number of amides is 1. The highest BCUT2D eigenvalue weighted by Crippen LogP contribution is 2.17. The fourth-order valence-corrected chi connectivity index (χ4v) is 4.38. The van der Waals surface area contributed by atoms with E-state index in [0.29, 0.717) is 12.2 Å². The Kier molecular flexibility index (Phi) is 8.19.